The summed E-state index contributed by atoms with van der Waals surface area (Å²) in [6, 6.07) is 1.34. The van der Waals surface area contributed by atoms with E-state index in [0.29, 0.717) is 25.0 Å². The van der Waals surface area contributed by atoms with Gasteiger partial charge in [-0.2, -0.15) is 0 Å². The van der Waals surface area contributed by atoms with Crippen LogP contribution in [0.1, 0.15) is 33.6 Å². The van der Waals surface area contributed by atoms with Crippen LogP contribution in [0.5, 0.6) is 0 Å². The molecular weight excluding hydrogens is 272 g/mol. The molecule has 3 rings (SSSR count). The van der Waals surface area contributed by atoms with Crippen LogP contribution in [-0.4, -0.2) is 34.3 Å². The normalized spacial score (nSPS) is 19.2. The minimum Gasteiger partial charge on any atom is -0.481 e. The van der Waals surface area contributed by atoms with Gasteiger partial charge >= 0.3 is 5.97 Å². The van der Waals surface area contributed by atoms with Crippen LogP contribution in [-0.2, 0) is 4.79 Å². The zero-order chi connectivity index (χ0) is 14.7. The smallest absolute Gasteiger partial charge is 0.311 e. The molecule has 1 aromatic rings. The Bertz CT molecular complexity index is 626. The number of amides is 2. The first-order valence-electron chi connectivity index (χ1n) is 5.94. The second-order valence-electron chi connectivity index (χ2n) is 5.09. The second-order valence-corrected chi connectivity index (χ2v) is 5.09. The summed E-state index contributed by atoms with van der Waals surface area (Å²) >= 11 is 0. The van der Waals surface area contributed by atoms with Crippen LogP contribution in [0.2, 0.25) is 0 Å². The molecule has 7 heteroatoms. The lowest BCUT2D eigenvalue weighted by Gasteiger charge is -2.18. The molecule has 1 saturated carbocycles. The number of carbonyl (C=O) groups excluding carboxylic acids is 2. The zero-order valence-corrected chi connectivity index (χ0v) is 10.2. The standard InChI is InChI=1S/C13H9F2NO4/c14-8-3-6-7(4-9(8)15)11(18)16(10(6)17)5-13(1-2-13)12(19)20/h3-4H,1-2,5H2,(H,19,20). The van der Waals surface area contributed by atoms with Gasteiger partial charge in [0.15, 0.2) is 11.6 Å². The van der Waals surface area contributed by atoms with Gasteiger partial charge in [0.2, 0.25) is 0 Å². The number of nitrogens with zero attached hydrogens (tertiary/aromatic N) is 1. The summed E-state index contributed by atoms with van der Waals surface area (Å²) in [5.41, 5.74) is -1.56. The molecule has 1 N–H and O–H groups in total. The van der Waals surface area contributed by atoms with E-state index in [1.54, 1.807) is 0 Å². The van der Waals surface area contributed by atoms with E-state index in [-0.39, 0.29) is 17.7 Å². The number of hydrogen-bond donors (Lipinski definition) is 1. The van der Waals surface area contributed by atoms with Crippen molar-refractivity contribution in [3.63, 3.8) is 0 Å². The van der Waals surface area contributed by atoms with Gasteiger partial charge in [0.25, 0.3) is 11.8 Å². The van der Waals surface area contributed by atoms with Crippen molar-refractivity contribution in [3.05, 3.63) is 34.9 Å². The van der Waals surface area contributed by atoms with E-state index >= 15 is 0 Å². The highest BCUT2D eigenvalue weighted by Crippen LogP contribution is 2.47. The largest absolute Gasteiger partial charge is 0.481 e. The maximum Gasteiger partial charge on any atom is 0.311 e. The van der Waals surface area contributed by atoms with E-state index in [1.807, 2.05) is 0 Å². The number of fused-ring (bicyclic) bond motifs is 1. The van der Waals surface area contributed by atoms with Gasteiger partial charge in [-0.05, 0) is 25.0 Å². The number of carboxylic acids is 1. The number of hydrogen-bond acceptors (Lipinski definition) is 3. The number of aliphatic carboxylic acids is 1. The molecule has 0 bridgehead atoms. The average molecular weight is 281 g/mol. The minimum absolute atomic E-state index is 0.227. The third-order valence-corrected chi connectivity index (χ3v) is 3.78. The molecular formula is C13H9F2NO4. The number of carboxylic acid groups (broad SMARTS) is 1. The van der Waals surface area contributed by atoms with Gasteiger partial charge in [-0.15, -0.1) is 0 Å². The van der Waals surface area contributed by atoms with Crippen LogP contribution in [0.15, 0.2) is 12.1 Å². The van der Waals surface area contributed by atoms with Crippen molar-refractivity contribution in [2.24, 2.45) is 5.41 Å². The molecule has 104 valence electrons. The molecule has 2 amide bonds. The highest BCUT2D eigenvalue weighted by molar-refractivity contribution is 6.21. The summed E-state index contributed by atoms with van der Waals surface area (Å²) < 4.78 is 26.3. The van der Waals surface area contributed by atoms with Crippen LogP contribution >= 0.6 is 0 Å². The van der Waals surface area contributed by atoms with E-state index in [2.05, 4.69) is 0 Å². The van der Waals surface area contributed by atoms with E-state index in [1.165, 1.54) is 0 Å². The second kappa shape index (κ2) is 3.84. The van der Waals surface area contributed by atoms with Crippen LogP contribution < -0.4 is 0 Å². The summed E-state index contributed by atoms with van der Waals surface area (Å²) in [4.78, 5) is 35.9. The van der Waals surface area contributed by atoms with Crippen molar-refractivity contribution >= 4 is 17.8 Å². The average Bonchev–Trinajstić information content (AvgIpc) is 3.14. The van der Waals surface area contributed by atoms with Crippen molar-refractivity contribution in [2.45, 2.75) is 12.8 Å². The Labute approximate surface area is 111 Å². The molecule has 1 aromatic carbocycles. The Morgan fingerprint density at radius 3 is 1.95 bits per heavy atom. The highest BCUT2D eigenvalue weighted by atomic mass is 19.2. The molecule has 0 radical (unpaired) electrons. The Hall–Kier alpha value is -2.31. The van der Waals surface area contributed by atoms with Crippen LogP contribution in [0, 0.1) is 17.0 Å². The molecule has 5 nitrogen and oxygen atoms in total. The number of carbonyl (C=O) groups is 3. The molecule has 0 atom stereocenters. The molecule has 2 aliphatic rings. The predicted octanol–water partition coefficient (Wildman–Crippen LogP) is 1.43. The Morgan fingerprint density at radius 2 is 1.60 bits per heavy atom. The van der Waals surface area contributed by atoms with Gasteiger partial charge in [0, 0.05) is 6.54 Å². The zero-order valence-electron chi connectivity index (χ0n) is 10.2. The Morgan fingerprint density at radius 1 is 1.15 bits per heavy atom. The predicted molar refractivity (Wildman–Crippen MR) is 61.0 cm³/mol. The number of imide groups is 1. The number of halogens is 2. The molecule has 1 fully saturated rings. The lowest BCUT2D eigenvalue weighted by atomic mass is 10.1. The van der Waals surface area contributed by atoms with Crippen molar-refractivity contribution in [1.82, 2.24) is 4.90 Å². The first-order chi connectivity index (χ1) is 9.35. The van der Waals surface area contributed by atoms with Gasteiger partial charge in [-0.25, -0.2) is 8.78 Å². The number of benzene rings is 1. The maximum atomic E-state index is 13.1. The van der Waals surface area contributed by atoms with Gasteiger partial charge in [-0.1, -0.05) is 0 Å². The minimum atomic E-state index is -1.22. The summed E-state index contributed by atoms with van der Waals surface area (Å²) in [6.07, 6.45) is 0.747. The van der Waals surface area contributed by atoms with Crippen molar-refractivity contribution in [1.29, 1.82) is 0 Å². The summed E-state index contributed by atoms with van der Waals surface area (Å²) in [7, 11) is 0. The fourth-order valence-corrected chi connectivity index (χ4v) is 2.32. The topological polar surface area (TPSA) is 74.7 Å². The van der Waals surface area contributed by atoms with Crippen molar-refractivity contribution in [3.8, 4) is 0 Å². The van der Waals surface area contributed by atoms with Crippen LogP contribution in [0.25, 0.3) is 0 Å². The highest BCUT2D eigenvalue weighted by Gasteiger charge is 2.54. The maximum absolute atomic E-state index is 13.1. The van der Waals surface area contributed by atoms with Gasteiger partial charge in [0.1, 0.15) is 0 Å². The molecule has 0 saturated heterocycles. The summed E-state index contributed by atoms with van der Waals surface area (Å²) in [6.45, 7) is -0.266. The van der Waals surface area contributed by atoms with E-state index < -0.39 is 34.8 Å². The SMILES string of the molecule is O=C1c2cc(F)c(F)cc2C(=O)N1CC1(C(=O)O)CC1. The van der Waals surface area contributed by atoms with Gasteiger partial charge < -0.3 is 5.11 Å². The third-order valence-electron chi connectivity index (χ3n) is 3.78. The quantitative estimate of drug-likeness (QED) is 0.850. The van der Waals surface area contributed by atoms with Crippen molar-refractivity contribution < 1.29 is 28.3 Å². The van der Waals surface area contributed by atoms with Gasteiger partial charge in [-0.3, -0.25) is 19.3 Å². The van der Waals surface area contributed by atoms with E-state index in [0.717, 1.165) is 4.90 Å². The van der Waals surface area contributed by atoms with Crippen LogP contribution in [0.3, 0.4) is 0 Å². The van der Waals surface area contributed by atoms with Gasteiger partial charge in [0.05, 0.1) is 16.5 Å². The molecule has 1 aliphatic heterocycles. The molecule has 1 heterocycles. The first-order valence-corrected chi connectivity index (χ1v) is 5.94. The molecule has 0 spiro atoms. The summed E-state index contributed by atoms with van der Waals surface area (Å²) in [5, 5.41) is 9.07. The first kappa shape index (κ1) is 12.7. The fourth-order valence-electron chi connectivity index (χ4n) is 2.32. The van der Waals surface area contributed by atoms with E-state index in [4.69, 9.17) is 5.11 Å². The molecule has 1 aliphatic carbocycles. The Balaban J connectivity index is 1.96. The van der Waals surface area contributed by atoms with Crippen LogP contribution in [0.4, 0.5) is 8.78 Å². The summed E-state index contributed by atoms with van der Waals surface area (Å²) in [5.74, 6) is -5.07. The fraction of sp³-hybridized carbons (Fsp3) is 0.308. The van der Waals surface area contributed by atoms with E-state index in [9.17, 15) is 23.2 Å². The van der Waals surface area contributed by atoms with Crippen molar-refractivity contribution in [2.75, 3.05) is 6.54 Å². The molecule has 0 aromatic heterocycles. The Kier molecular flexibility index (Phi) is 2.44. The molecule has 0 unspecified atom stereocenters. The molecule has 20 heavy (non-hydrogen) atoms. The third kappa shape index (κ3) is 1.62. The lowest BCUT2D eigenvalue weighted by molar-refractivity contribution is -0.143. The monoisotopic (exact) mass is 281 g/mol. The number of rotatable bonds is 3. The lowest BCUT2D eigenvalue weighted by Crippen LogP contribution is -2.38.